The molecule has 10 heteroatoms. The second kappa shape index (κ2) is 13.0. The molecule has 5 aromatic rings. The Balaban J connectivity index is 1.24. The number of aromatic nitrogens is 2. The number of thiazole rings is 1. The fourth-order valence-corrected chi connectivity index (χ4v) is 6.31. The number of aliphatic carboxylic acids is 1. The Hall–Kier alpha value is -3.92. The minimum Gasteiger partial charge on any atom is -0.480 e. The fraction of sp³-hybridized carbons (Fsp3) is 0.133. The highest BCUT2D eigenvalue weighted by atomic mass is 35.5. The van der Waals surface area contributed by atoms with Gasteiger partial charge in [0.05, 0.1) is 22.0 Å². The first-order valence-electron chi connectivity index (χ1n) is 12.5. The van der Waals surface area contributed by atoms with E-state index in [1.54, 1.807) is 29.2 Å². The average molecular weight is 589 g/mol. The van der Waals surface area contributed by atoms with Crippen LogP contribution in [0.2, 0.25) is 5.02 Å². The quantitative estimate of drug-likeness (QED) is 0.156. The maximum atomic E-state index is 13.0. The van der Waals surface area contributed by atoms with Crippen LogP contribution in [0, 0.1) is 0 Å². The van der Waals surface area contributed by atoms with Crippen LogP contribution in [0.25, 0.3) is 10.2 Å². The second-order valence-electron chi connectivity index (χ2n) is 8.97. The molecule has 0 saturated carbocycles. The summed E-state index contributed by atoms with van der Waals surface area (Å²) in [7, 11) is 0. The molecule has 2 heterocycles. The van der Waals surface area contributed by atoms with E-state index in [1.807, 2.05) is 91.0 Å². The summed E-state index contributed by atoms with van der Waals surface area (Å²) in [5, 5.41) is 16.1. The molecule has 7 nitrogen and oxygen atoms in total. The van der Waals surface area contributed by atoms with Crippen molar-refractivity contribution in [2.24, 2.45) is 0 Å². The molecule has 1 atom stereocenters. The molecular weight excluding hydrogens is 564 g/mol. The molecule has 3 aromatic carbocycles. The van der Waals surface area contributed by atoms with Gasteiger partial charge in [-0.25, -0.2) is 14.6 Å². The number of fused-ring (bicyclic) bond motifs is 1. The summed E-state index contributed by atoms with van der Waals surface area (Å²) in [5.41, 5.74) is 4.00. The number of benzene rings is 3. The van der Waals surface area contributed by atoms with Crippen LogP contribution >= 0.6 is 34.7 Å². The highest BCUT2D eigenvalue weighted by Gasteiger charge is 2.24. The van der Waals surface area contributed by atoms with Crippen LogP contribution in [0.5, 0.6) is 0 Å². The molecule has 0 aliphatic heterocycles. The highest BCUT2D eigenvalue weighted by molar-refractivity contribution is 8.00. The van der Waals surface area contributed by atoms with Gasteiger partial charge < -0.3 is 15.7 Å². The van der Waals surface area contributed by atoms with Crippen LogP contribution in [0.1, 0.15) is 28.6 Å². The summed E-state index contributed by atoms with van der Waals surface area (Å²) >= 11 is 9.21. The molecule has 1 unspecified atom stereocenters. The molecule has 0 fully saturated rings. The van der Waals surface area contributed by atoms with Crippen LogP contribution < -0.4 is 10.6 Å². The molecule has 2 aromatic heterocycles. The normalized spacial score (nSPS) is 11.8. The van der Waals surface area contributed by atoms with E-state index in [2.05, 4.69) is 20.6 Å². The highest BCUT2D eigenvalue weighted by Crippen LogP contribution is 2.32. The summed E-state index contributed by atoms with van der Waals surface area (Å²) in [6, 6.07) is 28.0. The van der Waals surface area contributed by atoms with Crippen molar-refractivity contribution in [2.45, 2.75) is 28.6 Å². The van der Waals surface area contributed by atoms with E-state index in [0.29, 0.717) is 16.5 Å². The molecule has 0 spiro atoms. The van der Waals surface area contributed by atoms with Gasteiger partial charge >= 0.3 is 12.0 Å². The first kappa shape index (κ1) is 27.6. The van der Waals surface area contributed by atoms with E-state index in [0.717, 1.165) is 31.4 Å². The number of thioether (sulfide) groups is 1. The number of nitrogens with one attached hydrogen (secondary N) is 2. The number of amides is 2. The summed E-state index contributed by atoms with van der Waals surface area (Å²) in [5.74, 6) is -0.566. The fourth-order valence-electron chi connectivity index (χ4n) is 4.19. The van der Waals surface area contributed by atoms with Crippen molar-refractivity contribution >= 4 is 56.9 Å². The van der Waals surface area contributed by atoms with E-state index < -0.39 is 24.1 Å². The number of pyridine rings is 1. The third-order valence-corrected chi connectivity index (χ3v) is 8.54. The van der Waals surface area contributed by atoms with Crippen LogP contribution in [-0.2, 0) is 17.0 Å². The van der Waals surface area contributed by atoms with Crippen LogP contribution in [0.4, 0.5) is 4.79 Å². The topological polar surface area (TPSA) is 104 Å². The lowest BCUT2D eigenvalue weighted by atomic mass is 9.99. The minimum absolute atomic E-state index is 0.0439. The molecule has 3 N–H and O–H groups in total. The maximum absolute atomic E-state index is 13.0. The first-order valence-corrected chi connectivity index (χ1v) is 14.7. The summed E-state index contributed by atoms with van der Waals surface area (Å²) in [4.78, 5) is 34.3. The number of halogens is 1. The van der Waals surface area contributed by atoms with Gasteiger partial charge in [0, 0.05) is 22.9 Å². The molecule has 5 rings (SSSR count). The third-order valence-electron chi connectivity index (χ3n) is 6.10. The van der Waals surface area contributed by atoms with Crippen molar-refractivity contribution in [1.29, 1.82) is 0 Å². The number of carbonyl (C=O) groups excluding carboxylic acids is 1. The van der Waals surface area contributed by atoms with Gasteiger partial charge in [0.25, 0.3) is 0 Å². The number of carboxylic acid groups (broad SMARTS) is 1. The molecule has 202 valence electrons. The van der Waals surface area contributed by atoms with Gasteiger partial charge in [-0.3, -0.25) is 4.98 Å². The molecule has 0 aliphatic carbocycles. The van der Waals surface area contributed by atoms with Crippen LogP contribution in [-0.4, -0.2) is 33.1 Å². The zero-order chi connectivity index (χ0) is 27.9. The number of rotatable bonds is 10. The van der Waals surface area contributed by atoms with E-state index in [9.17, 15) is 14.7 Å². The van der Waals surface area contributed by atoms with Crippen molar-refractivity contribution < 1.29 is 14.7 Å². The van der Waals surface area contributed by atoms with Gasteiger partial charge in [-0.15, -0.1) is 11.3 Å². The minimum atomic E-state index is -1.16. The SMILES string of the molecule is O=C(NC(Cc1cccc(CSc2nc3cc(Cl)ccc3s2)n1)C(=O)O)NC(c1ccccc1)c1ccccc1. The van der Waals surface area contributed by atoms with Gasteiger partial charge in [0.1, 0.15) is 6.04 Å². The molecule has 0 aliphatic rings. The summed E-state index contributed by atoms with van der Waals surface area (Å²) < 4.78 is 1.96. The zero-order valence-corrected chi connectivity index (χ0v) is 23.5. The number of nitrogens with zero attached hydrogens (tertiary/aromatic N) is 2. The Labute approximate surface area is 244 Å². The molecule has 40 heavy (non-hydrogen) atoms. The van der Waals surface area contributed by atoms with E-state index in [1.165, 1.54) is 0 Å². The standard InChI is InChI=1S/C30H25ClN4O3S2/c31-21-14-15-26-24(16-21)34-30(40-26)39-18-23-13-7-12-22(32-23)17-25(28(36)37)33-29(38)35-27(19-8-3-1-4-9-19)20-10-5-2-6-11-20/h1-16,25,27H,17-18H2,(H,36,37)(H2,33,35,38). The van der Waals surface area contributed by atoms with Crippen molar-refractivity contribution in [3.8, 4) is 0 Å². The lowest BCUT2D eigenvalue weighted by Crippen LogP contribution is -2.48. The van der Waals surface area contributed by atoms with Crippen molar-refractivity contribution in [2.75, 3.05) is 0 Å². The monoisotopic (exact) mass is 588 g/mol. The Bertz CT molecular complexity index is 1580. The maximum Gasteiger partial charge on any atom is 0.326 e. The molecule has 0 radical (unpaired) electrons. The number of hydrogen-bond acceptors (Lipinski definition) is 6. The largest absolute Gasteiger partial charge is 0.480 e. The van der Waals surface area contributed by atoms with E-state index >= 15 is 0 Å². The Morgan fingerprint density at radius 2 is 1.52 bits per heavy atom. The lowest BCUT2D eigenvalue weighted by Gasteiger charge is -2.22. The van der Waals surface area contributed by atoms with Crippen molar-refractivity contribution in [3.63, 3.8) is 0 Å². The van der Waals surface area contributed by atoms with E-state index in [4.69, 9.17) is 11.6 Å². The molecule has 0 saturated heterocycles. The van der Waals surface area contributed by atoms with Gasteiger partial charge in [0.2, 0.25) is 0 Å². The summed E-state index contributed by atoms with van der Waals surface area (Å²) in [6.07, 6.45) is 0.0439. The van der Waals surface area contributed by atoms with Gasteiger partial charge in [-0.1, -0.05) is 90.1 Å². The predicted molar refractivity (Wildman–Crippen MR) is 160 cm³/mol. The number of carboxylic acids is 1. The van der Waals surface area contributed by atoms with Crippen LogP contribution in [0.3, 0.4) is 0 Å². The van der Waals surface area contributed by atoms with Crippen LogP contribution in [0.15, 0.2) is 101 Å². The Kier molecular flexibility index (Phi) is 8.95. The Morgan fingerprint density at radius 1 is 0.850 bits per heavy atom. The number of carbonyl (C=O) groups is 2. The molecule has 2 amide bonds. The second-order valence-corrected chi connectivity index (χ2v) is 11.7. The number of urea groups is 1. The van der Waals surface area contributed by atoms with E-state index in [-0.39, 0.29) is 6.42 Å². The van der Waals surface area contributed by atoms with Gasteiger partial charge in [0.15, 0.2) is 4.34 Å². The molecular formula is C30H25ClN4O3S2. The zero-order valence-electron chi connectivity index (χ0n) is 21.2. The smallest absolute Gasteiger partial charge is 0.326 e. The Morgan fingerprint density at radius 3 is 2.20 bits per heavy atom. The van der Waals surface area contributed by atoms with Crippen molar-refractivity contribution in [3.05, 3.63) is 125 Å². The number of hydrogen-bond donors (Lipinski definition) is 3. The average Bonchev–Trinajstić information content (AvgIpc) is 3.37. The predicted octanol–water partition coefficient (Wildman–Crippen LogP) is 6.72. The first-order chi connectivity index (χ1) is 19.4. The lowest BCUT2D eigenvalue weighted by molar-refractivity contribution is -0.139. The molecule has 0 bridgehead atoms. The van der Waals surface area contributed by atoms with Crippen molar-refractivity contribution in [1.82, 2.24) is 20.6 Å². The third kappa shape index (κ3) is 7.18. The van der Waals surface area contributed by atoms with Gasteiger partial charge in [-0.2, -0.15) is 0 Å². The summed E-state index contributed by atoms with van der Waals surface area (Å²) in [6.45, 7) is 0. The van der Waals surface area contributed by atoms with Gasteiger partial charge in [-0.05, 0) is 41.5 Å².